The maximum atomic E-state index is 13.8. The molecular weight excluding hydrogens is 307 g/mol. The fourth-order valence-electron chi connectivity index (χ4n) is 3.48. The smallest absolute Gasteiger partial charge is 0.256 e. The molecule has 1 aliphatic rings. The summed E-state index contributed by atoms with van der Waals surface area (Å²) in [5, 5.41) is 0. The average molecular weight is 328 g/mol. The minimum absolute atomic E-state index is 0.0665. The quantitative estimate of drug-likeness (QED) is 0.865. The Morgan fingerprint density at radius 2 is 2.12 bits per heavy atom. The first-order chi connectivity index (χ1) is 11.6. The van der Waals surface area contributed by atoms with Crippen molar-refractivity contribution in [3.05, 3.63) is 59.9 Å². The second kappa shape index (κ2) is 7.05. The van der Waals surface area contributed by atoms with E-state index < -0.39 is 5.82 Å². The van der Waals surface area contributed by atoms with Crippen molar-refractivity contribution in [1.82, 2.24) is 19.8 Å². The summed E-state index contributed by atoms with van der Waals surface area (Å²) in [6.07, 6.45) is 7.14. The lowest BCUT2D eigenvalue weighted by Gasteiger charge is -2.28. The molecule has 0 N–H and O–H groups in total. The molecule has 6 heteroatoms. The number of aromatic nitrogens is 2. The van der Waals surface area contributed by atoms with Crippen LogP contribution in [0.25, 0.3) is 0 Å². The standard InChI is InChI=1S/C18H21FN4O/c1-22-9-6-14(17(22)13-4-3-7-20-10-13)12-23(2)18(24)15-5-8-21-11-16(15)19/h3-5,7-8,10-11,14,17H,6,9,12H2,1-2H3/t14-,17-/m0/s1. The van der Waals surface area contributed by atoms with Gasteiger partial charge in [0.25, 0.3) is 5.91 Å². The first-order valence-corrected chi connectivity index (χ1v) is 8.03. The van der Waals surface area contributed by atoms with Gasteiger partial charge in [-0.1, -0.05) is 6.07 Å². The minimum atomic E-state index is -0.582. The Balaban J connectivity index is 1.75. The summed E-state index contributed by atoms with van der Waals surface area (Å²) in [7, 11) is 3.81. The number of likely N-dealkylation sites (tertiary alicyclic amines) is 1. The zero-order chi connectivity index (χ0) is 17.1. The second-order valence-electron chi connectivity index (χ2n) is 6.30. The molecule has 126 valence electrons. The molecule has 1 aliphatic heterocycles. The van der Waals surface area contributed by atoms with Gasteiger partial charge in [-0.2, -0.15) is 0 Å². The molecule has 0 aromatic carbocycles. The number of halogens is 1. The van der Waals surface area contributed by atoms with Gasteiger partial charge in [-0.3, -0.25) is 19.7 Å². The van der Waals surface area contributed by atoms with Crippen LogP contribution in [0.3, 0.4) is 0 Å². The van der Waals surface area contributed by atoms with Crippen LogP contribution in [-0.4, -0.2) is 52.9 Å². The lowest BCUT2D eigenvalue weighted by molar-refractivity contribution is 0.0756. The van der Waals surface area contributed by atoms with Gasteiger partial charge in [0, 0.05) is 38.2 Å². The van der Waals surface area contributed by atoms with Crippen molar-refractivity contribution in [2.45, 2.75) is 12.5 Å². The third-order valence-corrected chi connectivity index (χ3v) is 4.66. The fourth-order valence-corrected chi connectivity index (χ4v) is 3.48. The van der Waals surface area contributed by atoms with Crippen LogP contribution in [0.1, 0.15) is 28.4 Å². The zero-order valence-electron chi connectivity index (χ0n) is 13.9. The van der Waals surface area contributed by atoms with Gasteiger partial charge in [-0.05, 0) is 43.6 Å². The number of amides is 1. The van der Waals surface area contributed by atoms with Crippen LogP contribution in [0.4, 0.5) is 4.39 Å². The van der Waals surface area contributed by atoms with Crippen molar-refractivity contribution in [2.24, 2.45) is 5.92 Å². The Morgan fingerprint density at radius 3 is 2.83 bits per heavy atom. The first kappa shape index (κ1) is 16.5. The van der Waals surface area contributed by atoms with Crippen molar-refractivity contribution in [2.75, 3.05) is 27.2 Å². The van der Waals surface area contributed by atoms with E-state index in [1.807, 2.05) is 12.3 Å². The van der Waals surface area contributed by atoms with E-state index in [-0.39, 0.29) is 23.4 Å². The Bertz CT molecular complexity index is 709. The maximum Gasteiger partial charge on any atom is 0.256 e. The van der Waals surface area contributed by atoms with Gasteiger partial charge in [0.05, 0.1) is 11.8 Å². The molecule has 1 fully saturated rings. The van der Waals surface area contributed by atoms with E-state index in [2.05, 4.69) is 28.0 Å². The fraction of sp³-hybridized carbons (Fsp3) is 0.389. The normalized spacial score (nSPS) is 21.0. The highest BCUT2D eigenvalue weighted by Gasteiger charge is 2.34. The summed E-state index contributed by atoms with van der Waals surface area (Å²) in [5.74, 6) is -0.603. The molecule has 0 bridgehead atoms. The van der Waals surface area contributed by atoms with E-state index in [0.717, 1.165) is 24.7 Å². The SMILES string of the molecule is CN(C[C@@H]1CCN(C)[C@H]1c1cccnc1)C(=O)c1ccncc1F. The van der Waals surface area contributed by atoms with Crippen molar-refractivity contribution in [3.63, 3.8) is 0 Å². The van der Waals surface area contributed by atoms with Gasteiger partial charge in [0.2, 0.25) is 0 Å². The monoisotopic (exact) mass is 328 g/mol. The molecule has 0 saturated carbocycles. The van der Waals surface area contributed by atoms with Crippen LogP contribution < -0.4 is 0 Å². The van der Waals surface area contributed by atoms with Gasteiger partial charge in [0.1, 0.15) is 0 Å². The van der Waals surface area contributed by atoms with Crippen LogP contribution in [0.5, 0.6) is 0 Å². The van der Waals surface area contributed by atoms with Gasteiger partial charge in [0.15, 0.2) is 5.82 Å². The van der Waals surface area contributed by atoms with E-state index in [0.29, 0.717) is 6.54 Å². The van der Waals surface area contributed by atoms with Crippen LogP contribution in [-0.2, 0) is 0 Å². The maximum absolute atomic E-state index is 13.8. The number of rotatable bonds is 4. The highest BCUT2D eigenvalue weighted by Crippen LogP contribution is 2.36. The molecular formula is C18H21FN4O. The molecule has 24 heavy (non-hydrogen) atoms. The zero-order valence-corrected chi connectivity index (χ0v) is 13.9. The van der Waals surface area contributed by atoms with Crippen LogP contribution in [0.15, 0.2) is 43.0 Å². The van der Waals surface area contributed by atoms with Crippen molar-refractivity contribution < 1.29 is 9.18 Å². The van der Waals surface area contributed by atoms with Gasteiger partial charge in [-0.25, -0.2) is 4.39 Å². The molecule has 0 radical (unpaired) electrons. The Morgan fingerprint density at radius 1 is 1.33 bits per heavy atom. The van der Waals surface area contributed by atoms with Crippen LogP contribution >= 0.6 is 0 Å². The molecule has 1 amide bonds. The largest absolute Gasteiger partial charge is 0.341 e. The van der Waals surface area contributed by atoms with Gasteiger partial charge >= 0.3 is 0 Å². The lowest BCUT2D eigenvalue weighted by Crippen LogP contribution is -2.34. The lowest BCUT2D eigenvalue weighted by atomic mass is 9.94. The van der Waals surface area contributed by atoms with Gasteiger partial charge < -0.3 is 4.90 Å². The molecule has 2 aromatic heterocycles. The van der Waals surface area contributed by atoms with E-state index in [4.69, 9.17) is 0 Å². The number of carbonyl (C=O) groups excluding carboxylic acids is 1. The molecule has 2 atom stereocenters. The van der Waals surface area contributed by atoms with Crippen molar-refractivity contribution in [3.8, 4) is 0 Å². The third kappa shape index (κ3) is 3.28. The number of hydrogen-bond donors (Lipinski definition) is 0. The summed E-state index contributed by atoms with van der Waals surface area (Å²) in [5.41, 5.74) is 1.22. The molecule has 5 nitrogen and oxygen atoms in total. The molecule has 0 aliphatic carbocycles. The second-order valence-corrected chi connectivity index (χ2v) is 6.30. The summed E-state index contributed by atoms with van der Waals surface area (Å²) < 4.78 is 13.8. The highest BCUT2D eigenvalue weighted by molar-refractivity contribution is 5.94. The number of carbonyl (C=O) groups is 1. The minimum Gasteiger partial charge on any atom is -0.341 e. The van der Waals surface area contributed by atoms with Crippen LogP contribution in [0.2, 0.25) is 0 Å². The highest BCUT2D eigenvalue weighted by atomic mass is 19.1. The predicted molar refractivity (Wildman–Crippen MR) is 88.9 cm³/mol. The summed E-state index contributed by atoms with van der Waals surface area (Å²) in [6, 6.07) is 5.64. The summed E-state index contributed by atoms with van der Waals surface area (Å²) in [6.45, 7) is 1.54. The molecule has 3 rings (SSSR count). The van der Waals surface area contributed by atoms with E-state index in [1.54, 1.807) is 18.1 Å². The third-order valence-electron chi connectivity index (χ3n) is 4.66. The Hall–Kier alpha value is -2.34. The van der Waals surface area contributed by atoms with Crippen LogP contribution in [0, 0.1) is 11.7 Å². The van der Waals surface area contributed by atoms with Gasteiger partial charge in [-0.15, -0.1) is 0 Å². The topological polar surface area (TPSA) is 49.3 Å². The number of nitrogens with zero attached hydrogens (tertiary/aromatic N) is 4. The molecule has 1 saturated heterocycles. The predicted octanol–water partition coefficient (Wildman–Crippen LogP) is 2.38. The molecule has 2 aromatic rings. The van der Waals surface area contributed by atoms with E-state index >= 15 is 0 Å². The number of hydrogen-bond acceptors (Lipinski definition) is 4. The average Bonchev–Trinajstić information content (AvgIpc) is 2.96. The first-order valence-electron chi connectivity index (χ1n) is 8.03. The molecule has 3 heterocycles. The van der Waals surface area contributed by atoms with E-state index in [1.165, 1.54) is 12.3 Å². The van der Waals surface area contributed by atoms with Crippen molar-refractivity contribution >= 4 is 5.91 Å². The summed E-state index contributed by atoms with van der Waals surface area (Å²) >= 11 is 0. The molecule has 0 spiro atoms. The summed E-state index contributed by atoms with van der Waals surface area (Å²) in [4.78, 5) is 24.3. The Kier molecular flexibility index (Phi) is 4.85. The van der Waals surface area contributed by atoms with E-state index in [9.17, 15) is 9.18 Å². The Labute approximate surface area is 141 Å². The van der Waals surface area contributed by atoms with Crippen molar-refractivity contribution in [1.29, 1.82) is 0 Å². The molecule has 0 unspecified atom stereocenters. The number of pyridine rings is 2.